The van der Waals surface area contributed by atoms with Crippen LogP contribution in [0.25, 0.3) is 0 Å². The molecule has 1 aromatic carbocycles. The van der Waals surface area contributed by atoms with Crippen molar-refractivity contribution in [1.82, 2.24) is 4.90 Å². The van der Waals surface area contributed by atoms with Gasteiger partial charge in [-0.1, -0.05) is 23.8 Å². The molecule has 88 valence electrons. The lowest BCUT2D eigenvalue weighted by Crippen LogP contribution is -2.29. The Morgan fingerprint density at radius 1 is 1.38 bits per heavy atom. The fraction of sp³-hybridized carbons (Fsp3) is 0.571. The number of nitrogens with two attached hydrogens (primary N) is 1. The number of nitrogens with zero attached hydrogens (tertiary/aromatic N) is 1. The van der Waals surface area contributed by atoms with Crippen molar-refractivity contribution in [2.24, 2.45) is 5.73 Å². The molecular weight excluding hydrogens is 196 g/mol. The summed E-state index contributed by atoms with van der Waals surface area (Å²) in [7, 11) is 0. The Kier molecular flexibility index (Phi) is 3.31. The standard InChI is InChI=1S/C14H22N2/c1-10-4-5-14(11(2)8-10)12(3)16-7-6-13(15)9-16/h4-5,8,12-13H,6-7,9,15H2,1-3H3. The highest BCUT2D eigenvalue weighted by Crippen LogP contribution is 2.26. The zero-order valence-electron chi connectivity index (χ0n) is 10.5. The van der Waals surface area contributed by atoms with Crippen LogP contribution in [0.3, 0.4) is 0 Å². The smallest absolute Gasteiger partial charge is 0.0323 e. The summed E-state index contributed by atoms with van der Waals surface area (Å²) in [5.41, 5.74) is 10.1. The summed E-state index contributed by atoms with van der Waals surface area (Å²) in [5.74, 6) is 0. The number of hydrogen-bond donors (Lipinski definition) is 1. The van der Waals surface area contributed by atoms with Crippen LogP contribution in [0.1, 0.15) is 36.1 Å². The summed E-state index contributed by atoms with van der Waals surface area (Å²) in [5, 5.41) is 0. The summed E-state index contributed by atoms with van der Waals surface area (Å²) in [4.78, 5) is 2.49. The molecule has 2 unspecified atom stereocenters. The van der Waals surface area contributed by atoms with Gasteiger partial charge in [-0.3, -0.25) is 4.90 Å². The highest BCUT2D eigenvalue weighted by atomic mass is 15.2. The molecule has 2 atom stereocenters. The molecular formula is C14H22N2. The Hall–Kier alpha value is -0.860. The lowest BCUT2D eigenvalue weighted by atomic mass is 9.99. The first-order chi connectivity index (χ1) is 7.58. The predicted molar refractivity (Wildman–Crippen MR) is 68.5 cm³/mol. The van der Waals surface area contributed by atoms with Gasteiger partial charge in [0.1, 0.15) is 0 Å². The number of likely N-dealkylation sites (tertiary alicyclic amines) is 1. The third-order valence-corrected chi connectivity index (χ3v) is 3.68. The van der Waals surface area contributed by atoms with Crippen molar-refractivity contribution in [3.05, 3.63) is 34.9 Å². The third kappa shape index (κ3) is 2.28. The van der Waals surface area contributed by atoms with E-state index in [1.165, 1.54) is 16.7 Å². The van der Waals surface area contributed by atoms with Crippen LogP contribution in [0.15, 0.2) is 18.2 Å². The van der Waals surface area contributed by atoms with E-state index in [0.717, 1.165) is 19.5 Å². The van der Waals surface area contributed by atoms with E-state index in [1.807, 2.05) is 0 Å². The highest BCUT2D eigenvalue weighted by Gasteiger charge is 2.24. The predicted octanol–water partition coefficient (Wildman–Crippen LogP) is 2.40. The van der Waals surface area contributed by atoms with Crippen LogP contribution in [0, 0.1) is 13.8 Å². The Balaban J connectivity index is 2.17. The molecule has 0 amide bonds. The van der Waals surface area contributed by atoms with Gasteiger partial charge < -0.3 is 5.73 Å². The summed E-state index contributed by atoms with van der Waals surface area (Å²) in [6.07, 6.45) is 1.13. The van der Waals surface area contributed by atoms with E-state index in [-0.39, 0.29) is 0 Å². The first kappa shape index (κ1) is 11.6. The molecule has 0 radical (unpaired) electrons. The maximum atomic E-state index is 5.96. The third-order valence-electron chi connectivity index (χ3n) is 3.68. The molecule has 2 nitrogen and oxygen atoms in total. The second kappa shape index (κ2) is 4.56. The number of aryl methyl sites for hydroxylation is 2. The van der Waals surface area contributed by atoms with Crippen LogP contribution in [0.4, 0.5) is 0 Å². The van der Waals surface area contributed by atoms with Gasteiger partial charge in [0.15, 0.2) is 0 Å². The largest absolute Gasteiger partial charge is 0.326 e. The molecule has 0 aromatic heterocycles. The van der Waals surface area contributed by atoms with E-state index in [2.05, 4.69) is 43.9 Å². The van der Waals surface area contributed by atoms with Crippen LogP contribution in [0.2, 0.25) is 0 Å². The molecule has 1 fully saturated rings. The van der Waals surface area contributed by atoms with E-state index in [0.29, 0.717) is 12.1 Å². The Labute approximate surface area is 98.4 Å². The van der Waals surface area contributed by atoms with Crippen LogP contribution in [0.5, 0.6) is 0 Å². The minimum atomic E-state index is 0.369. The Morgan fingerprint density at radius 2 is 2.12 bits per heavy atom. The van der Waals surface area contributed by atoms with Gasteiger partial charge in [0.05, 0.1) is 0 Å². The minimum absolute atomic E-state index is 0.369. The maximum absolute atomic E-state index is 5.96. The van der Waals surface area contributed by atoms with Crippen LogP contribution >= 0.6 is 0 Å². The fourth-order valence-electron chi connectivity index (χ4n) is 2.66. The fourth-order valence-corrected chi connectivity index (χ4v) is 2.66. The molecule has 0 bridgehead atoms. The van der Waals surface area contributed by atoms with Crippen LogP contribution in [-0.2, 0) is 0 Å². The molecule has 1 aliphatic rings. The van der Waals surface area contributed by atoms with Crippen molar-refractivity contribution >= 4 is 0 Å². The normalized spacial score (nSPS) is 23.6. The first-order valence-electron chi connectivity index (χ1n) is 6.14. The molecule has 2 heteroatoms. The molecule has 1 aromatic rings. The van der Waals surface area contributed by atoms with E-state index < -0.39 is 0 Å². The molecule has 16 heavy (non-hydrogen) atoms. The quantitative estimate of drug-likeness (QED) is 0.826. The second-order valence-electron chi connectivity index (χ2n) is 5.08. The van der Waals surface area contributed by atoms with Crippen LogP contribution in [-0.4, -0.2) is 24.0 Å². The van der Waals surface area contributed by atoms with Gasteiger partial charge in [0.25, 0.3) is 0 Å². The topological polar surface area (TPSA) is 29.3 Å². The molecule has 1 aliphatic heterocycles. The van der Waals surface area contributed by atoms with Gasteiger partial charge in [0, 0.05) is 25.2 Å². The number of hydrogen-bond acceptors (Lipinski definition) is 2. The Bertz CT molecular complexity index is 373. The van der Waals surface area contributed by atoms with Crippen LogP contribution < -0.4 is 5.73 Å². The zero-order valence-corrected chi connectivity index (χ0v) is 10.5. The summed E-state index contributed by atoms with van der Waals surface area (Å²) >= 11 is 0. The monoisotopic (exact) mass is 218 g/mol. The lowest BCUT2D eigenvalue weighted by molar-refractivity contribution is 0.259. The molecule has 0 aliphatic carbocycles. The van der Waals surface area contributed by atoms with Gasteiger partial charge in [-0.25, -0.2) is 0 Å². The van der Waals surface area contributed by atoms with E-state index in [9.17, 15) is 0 Å². The van der Waals surface area contributed by atoms with Gasteiger partial charge >= 0.3 is 0 Å². The molecule has 0 saturated carbocycles. The van der Waals surface area contributed by atoms with E-state index >= 15 is 0 Å². The zero-order chi connectivity index (χ0) is 11.7. The van der Waals surface area contributed by atoms with Gasteiger partial charge in [-0.05, 0) is 38.3 Å². The summed E-state index contributed by atoms with van der Waals surface area (Å²) in [6.45, 7) is 8.81. The Morgan fingerprint density at radius 3 is 2.69 bits per heavy atom. The highest BCUT2D eigenvalue weighted by molar-refractivity contribution is 5.32. The van der Waals surface area contributed by atoms with Crippen molar-refractivity contribution in [1.29, 1.82) is 0 Å². The van der Waals surface area contributed by atoms with Crippen molar-refractivity contribution < 1.29 is 0 Å². The van der Waals surface area contributed by atoms with Crippen molar-refractivity contribution in [3.8, 4) is 0 Å². The SMILES string of the molecule is Cc1ccc(C(C)N2CCC(N)C2)c(C)c1. The van der Waals surface area contributed by atoms with Crippen molar-refractivity contribution in [2.75, 3.05) is 13.1 Å². The molecule has 1 saturated heterocycles. The molecule has 2 rings (SSSR count). The molecule has 0 spiro atoms. The summed E-state index contributed by atoms with van der Waals surface area (Å²) < 4.78 is 0. The van der Waals surface area contributed by atoms with Gasteiger partial charge in [-0.2, -0.15) is 0 Å². The van der Waals surface area contributed by atoms with Crippen molar-refractivity contribution in [2.45, 2.75) is 39.3 Å². The van der Waals surface area contributed by atoms with E-state index in [1.54, 1.807) is 0 Å². The molecule has 1 heterocycles. The van der Waals surface area contributed by atoms with Gasteiger partial charge in [-0.15, -0.1) is 0 Å². The number of benzene rings is 1. The number of rotatable bonds is 2. The maximum Gasteiger partial charge on any atom is 0.0323 e. The average Bonchev–Trinajstić information content (AvgIpc) is 2.64. The first-order valence-corrected chi connectivity index (χ1v) is 6.14. The van der Waals surface area contributed by atoms with E-state index in [4.69, 9.17) is 5.73 Å². The molecule has 2 N–H and O–H groups in total. The van der Waals surface area contributed by atoms with Gasteiger partial charge in [0.2, 0.25) is 0 Å². The lowest BCUT2D eigenvalue weighted by Gasteiger charge is -2.26. The minimum Gasteiger partial charge on any atom is -0.326 e. The summed E-state index contributed by atoms with van der Waals surface area (Å²) in [6, 6.07) is 7.60. The van der Waals surface area contributed by atoms with Crippen molar-refractivity contribution in [3.63, 3.8) is 0 Å². The average molecular weight is 218 g/mol. The second-order valence-corrected chi connectivity index (χ2v) is 5.08.